The monoisotopic (exact) mass is 405 g/mol. The van der Waals surface area contributed by atoms with Crippen molar-refractivity contribution in [3.8, 4) is 5.75 Å². The first-order valence-electron chi connectivity index (χ1n) is 8.84. The molecule has 0 aliphatic carbocycles. The van der Waals surface area contributed by atoms with Gasteiger partial charge in [-0.25, -0.2) is 5.84 Å². The summed E-state index contributed by atoms with van der Waals surface area (Å²) >= 11 is 3.45. The Kier molecular flexibility index (Phi) is 8.25. The van der Waals surface area contributed by atoms with Crippen molar-refractivity contribution in [3.63, 3.8) is 0 Å². The van der Waals surface area contributed by atoms with Crippen molar-refractivity contribution in [1.82, 2.24) is 4.90 Å². The summed E-state index contributed by atoms with van der Waals surface area (Å²) in [5.74, 6) is 7.14. The van der Waals surface area contributed by atoms with Crippen LogP contribution in [-0.2, 0) is 6.54 Å². The summed E-state index contributed by atoms with van der Waals surface area (Å²) in [6.45, 7) is 8.95. The fourth-order valence-corrected chi connectivity index (χ4v) is 2.96. The van der Waals surface area contributed by atoms with Crippen LogP contribution in [0, 0.1) is 0 Å². The van der Waals surface area contributed by atoms with Crippen LogP contribution in [0.4, 0.5) is 5.69 Å². The molecule has 0 aliphatic heterocycles. The second-order valence-corrected chi connectivity index (χ2v) is 6.86. The molecule has 0 aromatic heterocycles. The van der Waals surface area contributed by atoms with Crippen molar-refractivity contribution in [2.45, 2.75) is 26.8 Å². The molecule has 136 valence electrons. The van der Waals surface area contributed by atoms with Crippen LogP contribution in [0.25, 0.3) is 0 Å². The molecule has 2 aromatic rings. The van der Waals surface area contributed by atoms with Gasteiger partial charge in [-0.15, -0.1) is 0 Å². The molecule has 0 aliphatic rings. The van der Waals surface area contributed by atoms with E-state index in [0.717, 1.165) is 54.1 Å². The predicted octanol–water partition coefficient (Wildman–Crippen LogP) is 4.44. The van der Waals surface area contributed by atoms with E-state index in [2.05, 4.69) is 40.7 Å². The lowest BCUT2D eigenvalue weighted by atomic mass is 10.2. The number of hydrogen-bond acceptors (Lipinski definition) is 4. The summed E-state index contributed by atoms with van der Waals surface area (Å²) in [4.78, 5) is 2.41. The van der Waals surface area contributed by atoms with Gasteiger partial charge in [0, 0.05) is 16.6 Å². The van der Waals surface area contributed by atoms with Crippen LogP contribution in [0.5, 0.6) is 5.75 Å². The molecule has 0 fully saturated rings. The molecule has 2 aromatic carbocycles. The molecule has 0 radical (unpaired) electrons. The standard InChI is InChI=1S/C20H28BrN3O/c1-3-23(4-2)14-7-15-25-20-9-6-5-8-17(20)16-24(22)19-12-10-18(21)11-13-19/h5-6,8-13H,3-4,7,14-16,22H2,1-2H3. The van der Waals surface area contributed by atoms with Crippen LogP contribution >= 0.6 is 15.9 Å². The Hall–Kier alpha value is -1.56. The van der Waals surface area contributed by atoms with Crippen LogP contribution in [0.1, 0.15) is 25.8 Å². The quantitative estimate of drug-likeness (QED) is 0.360. The number of ether oxygens (including phenoxy) is 1. The third-order valence-corrected chi connectivity index (χ3v) is 4.77. The Bertz CT molecular complexity index is 629. The number of anilines is 1. The molecule has 0 saturated carbocycles. The van der Waals surface area contributed by atoms with E-state index >= 15 is 0 Å². The number of hydrogen-bond donors (Lipinski definition) is 1. The minimum atomic E-state index is 0.605. The lowest BCUT2D eigenvalue weighted by Gasteiger charge is -2.21. The second-order valence-electron chi connectivity index (χ2n) is 5.94. The van der Waals surface area contributed by atoms with E-state index in [9.17, 15) is 0 Å². The van der Waals surface area contributed by atoms with Crippen LogP contribution < -0.4 is 15.6 Å². The third kappa shape index (κ3) is 6.34. The Balaban J connectivity index is 1.92. The summed E-state index contributed by atoms with van der Waals surface area (Å²) in [7, 11) is 0. The topological polar surface area (TPSA) is 41.7 Å². The van der Waals surface area contributed by atoms with Crippen molar-refractivity contribution in [2.24, 2.45) is 5.84 Å². The highest BCUT2D eigenvalue weighted by Crippen LogP contribution is 2.23. The van der Waals surface area contributed by atoms with Gasteiger partial charge >= 0.3 is 0 Å². The number of rotatable bonds is 10. The lowest BCUT2D eigenvalue weighted by Crippen LogP contribution is -2.30. The van der Waals surface area contributed by atoms with E-state index in [1.807, 2.05) is 42.5 Å². The Morgan fingerprint density at radius 3 is 2.36 bits per heavy atom. The molecule has 25 heavy (non-hydrogen) atoms. The Labute approximate surface area is 159 Å². The van der Waals surface area contributed by atoms with Crippen molar-refractivity contribution >= 4 is 21.6 Å². The minimum Gasteiger partial charge on any atom is -0.493 e. The van der Waals surface area contributed by atoms with E-state index < -0.39 is 0 Å². The zero-order valence-corrected chi connectivity index (χ0v) is 16.7. The molecule has 2 rings (SSSR count). The molecule has 4 nitrogen and oxygen atoms in total. The average Bonchev–Trinajstić information content (AvgIpc) is 2.63. The smallest absolute Gasteiger partial charge is 0.124 e. The molecule has 0 amide bonds. The molecular weight excluding hydrogens is 378 g/mol. The summed E-state index contributed by atoms with van der Waals surface area (Å²) in [5.41, 5.74) is 2.07. The zero-order valence-electron chi connectivity index (χ0n) is 15.1. The molecule has 0 bridgehead atoms. The largest absolute Gasteiger partial charge is 0.493 e. The fraction of sp³-hybridized carbons (Fsp3) is 0.400. The highest BCUT2D eigenvalue weighted by molar-refractivity contribution is 9.10. The van der Waals surface area contributed by atoms with E-state index in [4.69, 9.17) is 10.6 Å². The highest BCUT2D eigenvalue weighted by Gasteiger charge is 2.08. The Morgan fingerprint density at radius 1 is 1.00 bits per heavy atom. The summed E-state index contributed by atoms with van der Waals surface area (Å²) in [6, 6.07) is 16.1. The molecule has 0 saturated heterocycles. The second kappa shape index (κ2) is 10.4. The van der Waals surface area contributed by atoms with Crippen LogP contribution in [0.15, 0.2) is 53.0 Å². The maximum Gasteiger partial charge on any atom is 0.124 e. The third-order valence-electron chi connectivity index (χ3n) is 4.24. The maximum atomic E-state index is 6.23. The van der Waals surface area contributed by atoms with E-state index in [1.54, 1.807) is 5.01 Å². The highest BCUT2D eigenvalue weighted by atomic mass is 79.9. The van der Waals surface area contributed by atoms with Crippen LogP contribution in [-0.4, -0.2) is 31.1 Å². The average molecular weight is 406 g/mol. The van der Waals surface area contributed by atoms with Gasteiger partial charge < -0.3 is 14.6 Å². The van der Waals surface area contributed by atoms with Gasteiger partial charge in [-0.05, 0) is 49.8 Å². The fourth-order valence-electron chi connectivity index (χ4n) is 2.69. The van der Waals surface area contributed by atoms with Gasteiger partial charge in [-0.3, -0.25) is 0 Å². The molecular formula is C20H28BrN3O. The summed E-state index contributed by atoms with van der Waals surface area (Å²) in [6.07, 6.45) is 1.02. The van der Waals surface area contributed by atoms with Gasteiger partial charge in [0.05, 0.1) is 18.8 Å². The molecule has 2 N–H and O–H groups in total. The number of halogens is 1. The maximum absolute atomic E-state index is 6.23. The van der Waals surface area contributed by atoms with E-state index in [0.29, 0.717) is 6.54 Å². The van der Waals surface area contributed by atoms with Crippen LogP contribution in [0.3, 0.4) is 0 Å². The zero-order chi connectivity index (χ0) is 18.1. The molecule has 0 heterocycles. The number of benzene rings is 2. The number of nitrogens with two attached hydrogens (primary N) is 1. The van der Waals surface area contributed by atoms with Crippen LogP contribution in [0.2, 0.25) is 0 Å². The lowest BCUT2D eigenvalue weighted by molar-refractivity contribution is 0.248. The van der Waals surface area contributed by atoms with Gasteiger partial charge in [0.15, 0.2) is 0 Å². The van der Waals surface area contributed by atoms with Gasteiger partial charge in [-0.1, -0.05) is 48.0 Å². The first-order valence-corrected chi connectivity index (χ1v) is 9.64. The number of hydrazine groups is 1. The normalized spacial score (nSPS) is 10.9. The van der Waals surface area contributed by atoms with Crippen molar-refractivity contribution < 1.29 is 4.74 Å². The SMILES string of the molecule is CCN(CC)CCCOc1ccccc1CN(N)c1ccc(Br)cc1. The predicted molar refractivity (Wildman–Crippen MR) is 109 cm³/mol. The van der Waals surface area contributed by atoms with E-state index in [1.165, 1.54) is 0 Å². The molecule has 0 atom stereocenters. The van der Waals surface area contributed by atoms with Gasteiger partial charge in [-0.2, -0.15) is 0 Å². The van der Waals surface area contributed by atoms with E-state index in [-0.39, 0.29) is 0 Å². The number of nitrogens with zero attached hydrogens (tertiary/aromatic N) is 2. The van der Waals surface area contributed by atoms with Gasteiger partial charge in [0.25, 0.3) is 0 Å². The molecule has 0 unspecified atom stereocenters. The van der Waals surface area contributed by atoms with Crippen molar-refractivity contribution in [1.29, 1.82) is 0 Å². The first-order chi connectivity index (χ1) is 12.1. The van der Waals surface area contributed by atoms with Crippen molar-refractivity contribution in [3.05, 3.63) is 58.6 Å². The van der Waals surface area contributed by atoms with Gasteiger partial charge in [0.1, 0.15) is 5.75 Å². The van der Waals surface area contributed by atoms with Crippen molar-refractivity contribution in [2.75, 3.05) is 31.3 Å². The van der Waals surface area contributed by atoms with Gasteiger partial charge in [0.2, 0.25) is 0 Å². The summed E-state index contributed by atoms with van der Waals surface area (Å²) in [5, 5.41) is 1.74. The number of para-hydroxylation sites is 1. The molecule has 5 heteroatoms. The first kappa shape index (κ1) is 19.8. The molecule has 0 spiro atoms. The minimum absolute atomic E-state index is 0.605. The summed E-state index contributed by atoms with van der Waals surface area (Å²) < 4.78 is 7.06. The Morgan fingerprint density at radius 2 is 1.68 bits per heavy atom.